The van der Waals surface area contributed by atoms with E-state index < -0.39 is 0 Å². The summed E-state index contributed by atoms with van der Waals surface area (Å²) in [4.78, 5) is 24.9. The molecule has 1 unspecified atom stereocenters. The van der Waals surface area contributed by atoms with Crippen LogP contribution in [-0.2, 0) is 4.79 Å². The lowest BCUT2D eigenvalue weighted by Gasteiger charge is -2.32. The van der Waals surface area contributed by atoms with Gasteiger partial charge in [-0.25, -0.2) is 4.79 Å². The van der Waals surface area contributed by atoms with Gasteiger partial charge in [-0.2, -0.15) is 0 Å². The van der Waals surface area contributed by atoms with Crippen molar-refractivity contribution < 1.29 is 9.59 Å². The molecule has 1 saturated heterocycles. The molecule has 1 N–H and O–H groups in total. The summed E-state index contributed by atoms with van der Waals surface area (Å²) < 4.78 is 0. The van der Waals surface area contributed by atoms with Crippen LogP contribution in [0.4, 0.5) is 4.79 Å². The summed E-state index contributed by atoms with van der Waals surface area (Å²) in [5, 5.41) is 2.80. The summed E-state index contributed by atoms with van der Waals surface area (Å²) in [5.41, 5.74) is 0. The molecular weight excluding hydrogens is 180 g/mol. The van der Waals surface area contributed by atoms with Gasteiger partial charge in [0.05, 0.1) is 0 Å². The van der Waals surface area contributed by atoms with Crippen LogP contribution in [0.5, 0.6) is 0 Å². The Labute approximate surface area is 82.6 Å². The summed E-state index contributed by atoms with van der Waals surface area (Å²) in [7, 11) is 0. The first-order chi connectivity index (χ1) is 6.77. The minimum Gasteiger partial charge on any atom is -0.326 e. The van der Waals surface area contributed by atoms with E-state index in [-0.39, 0.29) is 24.0 Å². The third kappa shape index (κ3) is 1.06. The number of rotatable bonds is 2. The molecule has 3 fully saturated rings. The van der Waals surface area contributed by atoms with Gasteiger partial charge in [0, 0.05) is 6.04 Å². The number of imide groups is 1. The van der Waals surface area contributed by atoms with E-state index in [4.69, 9.17) is 0 Å². The van der Waals surface area contributed by atoms with Gasteiger partial charge in [0.2, 0.25) is 0 Å². The van der Waals surface area contributed by atoms with Crippen LogP contribution in [0, 0.1) is 5.92 Å². The number of urea groups is 1. The SMILES string of the molecule is O=C1NC(C2CC2)C(=O)N1C1CCC1. The van der Waals surface area contributed by atoms with E-state index in [1.54, 1.807) is 0 Å². The average molecular weight is 194 g/mol. The number of hydrogen-bond acceptors (Lipinski definition) is 2. The van der Waals surface area contributed by atoms with Crippen LogP contribution in [0.25, 0.3) is 0 Å². The zero-order valence-corrected chi connectivity index (χ0v) is 8.03. The third-order valence-electron chi connectivity index (χ3n) is 3.53. The van der Waals surface area contributed by atoms with Crippen LogP contribution >= 0.6 is 0 Å². The van der Waals surface area contributed by atoms with Crippen molar-refractivity contribution in [2.45, 2.75) is 44.2 Å². The normalized spacial score (nSPS) is 33.1. The lowest BCUT2D eigenvalue weighted by atomic mass is 9.91. The van der Waals surface area contributed by atoms with E-state index >= 15 is 0 Å². The maximum absolute atomic E-state index is 11.9. The Hall–Kier alpha value is -1.06. The van der Waals surface area contributed by atoms with E-state index in [2.05, 4.69) is 5.32 Å². The molecule has 0 radical (unpaired) electrons. The molecule has 4 heteroatoms. The average Bonchev–Trinajstić information content (AvgIpc) is 2.84. The minimum absolute atomic E-state index is 0.0298. The molecule has 3 rings (SSSR count). The van der Waals surface area contributed by atoms with Gasteiger partial charge < -0.3 is 5.32 Å². The van der Waals surface area contributed by atoms with Crippen LogP contribution in [0.15, 0.2) is 0 Å². The predicted octanol–water partition coefficient (Wildman–Crippen LogP) is 0.869. The van der Waals surface area contributed by atoms with E-state index in [1.165, 1.54) is 4.90 Å². The van der Waals surface area contributed by atoms with Gasteiger partial charge in [-0.15, -0.1) is 0 Å². The molecule has 3 amide bonds. The molecule has 1 heterocycles. The Morgan fingerprint density at radius 2 is 1.86 bits per heavy atom. The highest BCUT2D eigenvalue weighted by molar-refractivity contribution is 6.04. The van der Waals surface area contributed by atoms with Gasteiger partial charge in [-0.3, -0.25) is 9.69 Å². The summed E-state index contributed by atoms with van der Waals surface area (Å²) in [6.45, 7) is 0. The first-order valence-electron chi connectivity index (χ1n) is 5.41. The highest BCUT2D eigenvalue weighted by atomic mass is 16.2. The van der Waals surface area contributed by atoms with Gasteiger partial charge in [0.25, 0.3) is 5.91 Å². The summed E-state index contributed by atoms with van der Waals surface area (Å²) in [5.74, 6) is 0.457. The van der Waals surface area contributed by atoms with Crippen molar-refractivity contribution in [3.05, 3.63) is 0 Å². The Kier molecular flexibility index (Phi) is 1.60. The highest BCUT2D eigenvalue weighted by Crippen LogP contribution is 2.37. The summed E-state index contributed by atoms with van der Waals surface area (Å²) in [6.07, 6.45) is 5.33. The van der Waals surface area contributed by atoms with Crippen LogP contribution in [0.2, 0.25) is 0 Å². The predicted molar refractivity (Wildman–Crippen MR) is 49.5 cm³/mol. The zero-order valence-electron chi connectivity index (χ0n) is 8.03. The molecule has 1 aliphatic heterocycles. The lowest BCUT2D eigenvalue weighted by molar-refractivity contribution is -0.130. The van der Waals surface area contributed by atoms with Gasteiger partial charge in [-0.05, 0) is 38.0 Å². The number of carbonyl (C=O) groups is 2. The number of carbonyl (C=O) groups excluding carboxylic acids is 2. The van der Waals surface area contributed by atoms with E-state index in [0.29, 0.717) is 5.92 Å². The third-order valence-corrected chi connectivity index (χ3v) is 3.53. The van der Waals surface area contributed by atoms with Crippen molar-refractivity contribution in [3.8, 4) is 0 Å². The summed E-state index contributed by atoms with van der Waals surface area (Å²) >= 11 is 0. The van der Waals surface area contributed by atoms with Crippen LogP contribution in [0.1, 0.15) is 32.1 Å². The quantitative estimate of drug-likeness (QED) is 0.663. The van der Waals surface area contributed by atoms with Gasteiger partial charge in [0.1, 0.15) is 6.04 Å². The molecule has 0 spiro atoms. The van der Waals surface area contributed by atoms with Crippen molar-refractivity contribution >= 4 is 11.9 Å². The van der Waals surface area contributed by atoms with Crippen molar-refractivity contribution in [1.29, 1.82) is 0 Å². The molecule has 4 nitrogen and oxygen atoms in total. The second kappa shape index (κ2) is 2.72. The fraction of sp³-hybridized carbons (Fsp3) is 0.800. The van der Waals surface area contributed by atoms with Crippen molar-refractivity contribution in [2.24, 2.45) is 5.92 Å². The lowest BCUT2D eigenvalue weighted by Crippen LogP contribution is -2.44. The zero-order chi connectivity index (χ0) is 9.71. The van der Waals surface area contributed by atoms with Crippen LogP contribution in [0.3, 0.4) is 0 Å². The van der Waals surface area contributed by atoms with Gasteiger partial charge >= 0.3 is 6.03 Å². The molecule has 0 aromatic heterocycles. The molecule has 2 saturated carbocycles. The van der Waals surface area contributed by atoms with Crippen molar-refractivity contribution in [1.82, 2.24) is 10.2 Å². The van der Waals surface area contributed by atoms with E-state index in [1.807, 2.05) is 0 Å². The smallest absolute Gasteiger partial charge is 0.325 e. The minimum atomic E-state index is -0.192. The molecule has 76 valence electrons. The molecule has 0 aromatic rings. The fourth-order valence-electron chi connectivity index (χ4n) is 2.25. The maximum atomic E-state index is 11.9. The van der Waals surface area contributed by atoms with E-state index in [0.717, 1.165) is 32.1 Å². The standard InChI is InChI=1S/C10H14N2O2/c13-9-8(6-4-5-6)11-10(14)12(9)7-2-1-3-7/h6-8H,1-5H2,(H,11,14). The molecule has 14 heavy (non-hydrogen) atoms. The first-order valence-corrected chi connectivity index (χ1v) is 5.41. The first kappa shape index (κ1) is 8.26. The number of amides is 3. The Balaban J connectivity index is 1.77. The highest BCUT2D eigenvalue weighted by Gasteiger charge is 2.49. The van der Waals surface area contributed by atoms with Gasteiger partial charge in [-0.1, -0.05) is 0 Å². The number of nitrogens with one attached hydrogen (secondary N) is 1. The number of nitrogens with zero attached hydrogens (tertiary/aromatic N) is 1. The summed E-state index contributed by atoms with van der Waals surface area (Å²) in [6, 6.07) is -0.147. The van der Waals surface area contributed by atoms with Gasteiger partial charge in [0.15, 0.2) is 0 Å². The fourth-order valence-corrected chi connectivity index (χ4v) is 2.25. The van der Waals surface area contributed by atoms with Crippen LogP contribution in [-0.4, -0.2) is 28.9 Å². The molecule has 1 atom stereocenters. The van der Waals surface area contributed by atoms with Crippen LogP contribution < -0.4 is 5.32 Å². The Bertz CT molecular complexity index is 294. The molecule has 2 aliphatic carbocycles. The topological polar surface area (TPSA) is 49.4 Å². The van der Waals surface area contributed by atoms with E-state index in [9.17, 15) is 9.59 Å². The van der Waals surface area contributed by atoms with Crippen molar-refractivity contribution in [2.75, 3.05) is 0 Å². The molecule has 0 bridgehead atoms. The Morgan fingerprint density at radius 3 is 2.36 bits per heavy atom. The largest absolute Gasteiger partial charge is 0.326 e. The number of hydrogen-bond donors (Lipinski definition) is 1. The Morgan fingerprint density at radius 1 is 1.14 bits per heavy atom. The molecule has 3 aliphatic rings. The monoisotopic (exact) mass is 194 g/mol. The molecule has 0 aromatic carbocycles. The second-order valence-corrected chi connectivity index (χ2v) is 4.56. The van der Waals surface area contributed by atoms with Crippen molar-refractivity contribution in [3.63, 3.8) is 0 Å². The maximum Gasteiger partial charge on any atom is 0.325 e. The molecular formula is C10H14N2O2. The second-order valence-electron chi connectivity index (χ2n) is 4.56.